The lowest BCUT2D eigenvalue weighted by Gasteiger charge is -2.24. The number of ether oxygens (including phenoxy) is 2. The van der Waals surface area contributed by atoms with Gasteiger partial charge < -0.3 is 18.9 Å². The predicted octanol–water partition coefficient (Wildman–Crippen LogP) is 3.56. The van der Waals surface area contributed by atoms with Crippen molar-refractivity contribution in [2.24, 2.45) is 5.92 Å². The topological polar surface area (TPSA) is 64.8 Å². The first-order valence-electron chi connectivity index (χ1n) is 9.53. The third-order valence-electron chi connectivity index (χ3n) is 4.96. The minimum atomic E-state index is -0.990. The zero-order chi connectivity index (χ0) is 19.5. The van der Waals surface area contributed by atoms with Crippen molar-refractivity contribution in [3.8, 4) is 5.75 Å². The number of hydrogen-bond acceptors (Lipinski definition) is 5. The maximum absolute atomic E-state index is 13.2. The van der Waals surface area contributed by atoms with Gasteiger partial charge in [0.05, 0.1) is 6.10 Å². The minimum absolute atomic E-state index is 0.0420. The van der Waals surface area contributed by atoms with Gasteiger partial charge in [0.25, 0.3) is 5.91 Å². The van der Waals surface area contributed by atoms with E-state index in [0.29, 0.717) is 24.8 Å². The number of carbonyl (C=O) groups is 1. The Morgan fingerprint density at radius 1 is 1.18 bits per heavy atom. The fourth-order valence-electron chi connectivity index (χ4n) is 3.25. The predicted molar refractivity (Wildman–Crippen MR) is 94.8 cm³/mol. The van der Waals surface area contributed by atoms with Crippen LogP contribution in [0.25, 0.3) is 0 Å². The quantitative estimate of drug-likeness (QED) is 0.687. The molecule has 6 nitrogen and oxygen atoms in total. The van der Waals surface area contributed by atoms with E-state index < -0.39 is 11.6 Å². The summed E-state index contributed by atoms with van der Waals surface area (Å²) in [6, 6.07) is 4.79. The fourth-order valence-corrected chi connectivity index (χ4v) is 3.25. The summed E-state index contributed by atoms with van der Waals surface area (Å²) in [5, 5.41) is 3.86. The summed E-state index contributed by atoms with van der Waals surface area (Å²) in [4.78, 5) is 14.7. The first-order valence-corrected chi connectivity index (χ1v) is 9.53. The Morgan fingerprint density at radius 3 is 2.75 bits per heavy atom. The van der Waals surface area contributed by atoms with E-state index in [2.05, 4.69) is 5.16 Å². The second-order valence-electron chi connectivity index (χ2n) is 7.33. The Kier molecular flexibility index (Phi) is 5.57. The van der Waals surface area contributed by atoms with Crippen molar-refractivity contribution in [2.75, 3.05) is 19.7 Å². The molecule has 8 heteroatoms. The average Bonchev–Trinajstić information content (AvgIpc) is 3.16. The average molecular weight is 392 g/mol. The van der Waals surface area contributed by atoms with Crippen LogP contribution in [0.2, 0.25) is 0 Å². The van der Waals surface area contributed by atoms with E-state index >= 15 is 0 Å². The lowest BCUT2D eigenvalue weighted by molar-refractivity contribution is 0.0507. The molecule has 1 aliphatic carbocycles. The molecule has 2 aliphatic rings. The summed E-state index contributed by atoms with van der Waals surface area (Å²) in [6.07, 6.45) is 4.33. The lowest BCUT2D eigenvalue weighted by Crippen LogP contribution is -2.39. The molecule has 1 saturated heterocycles. The highest BCUT2D eigenvalue weighted by Gasteiger charge is 2.31. The lowest BCUT2D eigenvalue weighted by atomic mass is 10.2. The van der Waals surface area contributed by atoms with E-state index in [1.807, 2.05) is 0 Å². The summed E-state index contributed by atoms with van der Waals surface area (Å²) in [6.45, 7) is 1.96. The Bertz CT molecular complexity index is 831. The van der Waals surface area contributed by atoms with Gasteiger partial charge in [-0.1, -0.05) is 5.16 Å². The molecule has 150 valence electrons. The summed E-state index contributed by atoms with van der Waals surface area (Å²) in [7, 11) is 0. The van der Waals surface area contributed by atoms with Crippen molar-refractivity contribution in [1.82, 2.24) is 10.1 Å². The first-order chi connectivity index (χ1) is 13.6. The van der Waals surface area contributed by atoms with E-state index in [0.717, 1.165) is 44.4 Å². The molecule has 0 unspecified atom stereocenters. The first kappa shape index (κ1) is 18.9. The van der Waals surface area contributed by atoms with Gasteiger partial charge in [-0.3, -0.25) is 4.79 Å². The molecule has 1 saturated carbocycles. The molecule has 1 atom stereocenters. The standard InChI is InChI=1S/C20H22F2N2O4/c21-17-6-5-14(8-18(17)22)27-12-16-9-19(23-28-16)20(25)24(10-13-3-4-13)11-15-2-1-7-26-15/h5-6,8-9,13,15H,1-4,7,10-12H2/t15-/m1/s1. The van der Waals surface area contributed by atoms with Crippen molar-refractivity contribution in [1.29, 1.82) is 0 Å². The van der Waals surface area contributed by atoms with Gasteiger partial charge >= 0.3 is 0 Å². The van der Waals surface area contributed by atoms with E-state index in [9.17, 15) is 13.6 Å². The number of halogens is 2. The molecule has 2 heterocycles. The number of amides is 1. The molecule has 28 heavy (non-hydrogen) atoms. The van der Waals surface area contributed by atoms with E-state index in [4.69, 9.17) is 14.0 Å². The van der Waals surface area contributed by atoms with Crippen LogP contribution >= 0.6 is 0 Å². The van der Waals surface area contributed by atoms with Gasteiger partial charge in [-0.15, -0.1) is 0 Å². The van der Waals surface area contributed by atoms with Crippen LogP contribution in [0.5, 0.6) is 5.75 Å². The second kappa shape index (κ2) is 8.26. The molecular weight excluding hydrogens is 370 g/mol. The Balaban J connectivity index is 1.38. The monoisotopic (exact) mass is 392 g/mol. The Hall–Kier alpha value is -2.48. The molecule has 1 amide bonds. The van der Waals surface area contributed by atoms with Crippen molar-refractivity contribution in [3.05, 3.63) is 47.4 Å². The van der Waals surface area contributed by atoms with Crippen LogP contribution in [-0.4, -0.2) is 41.8 Å². The van der Waals surface area contributed by atoms with Crippen LogP contribution in [0, 0.1) is 17.6 Å². The van der Waals surface area contributed by atoms with Gasteiger partial charge in [0.1, 0.15) is 12.4 Å². The smallest absolute Gasteiger partial charge is 0.276 e. The van der Waals surface area contributed by atoms with Gasteiger partial charge in [0, 0.05) is 31.8 Å². The fraction of sp³-hybridized carbons (Fsp3) is 0.500. The van der Waals surface area contributed by atoms with Crippen LogP contribution < -0.4 is 4.74 Å². The van der Waals surface area contributed by atoms with Gasteiger partial charge in [-0.25, -0.2) is 8.78 Å². The van der Waals surface area contributed by atoms with Crippen LogP contribution in [0.3, 0.4) is 0 Å². The third-order valence-corrected chi connectivity index (χ3v) is 4.96. The third kappa shape index (κ3) is 4.67. The summed E-state index contributed by atoms with van der Waals surface area (Å²) in [5.41, 5.74) is 0.211. The molecule has 4 rings (SSSR count). The van der Waals surface area contributed by atoms with Crippen LogP contribution in [0.15, 0.2) is 28.8 Å². The Labute approximate surface area is 161 Å². The highest BCUT2D eigenvalue weighted by Crippen LogP contribution is 2.30. The van der Waals surface area contributed by atoms with Gasteiger partial charge in [-0.2, -0.15) is 0 Å². The summed E-state index contributed by atoms with van der Waals surface area (Å²) < 4.78 is 42.4. The highest BCUT2D eigenvalue weighted by atomic mass is 19.2. The number of benzene rings is 1. The molecule has 0 spiro atoms. The Morgan fingerprint density at radius 2 is 2.04 bits per heavy atom. The maximum Gasteiger partial charge on any atom is 0.276 e. The normalized spacial score (nSPS) is 19.0. The zero-order valence-electron chi connectivity index (χ0n) is 15.4. The van der Waals surface area contributed by atoms with Crippen LogP contribution in [-0.2, 0) is 11.3 Å². The van der Waals surface area contributed by atoms with Gasteiger partial charge in [-0.05, 0) is 43.7 Å². The second-order valence-corrected chi connectivity index (χ2v) is 7.33. The minimum Gasteiger partial charge on any atom is -0.485 e. The number of rotatable bonds is 8. The van der Waals surface area contributed by atoms with Gasteiger partial charge in [0.15, 0.2) is 23.1 Å². The number of nitrogens with zero attached hydrogens (tertiary/aromatic N) is 2. The summed E-state index contributed by atoms with van der Waals surface area (Å²) in [5.74, 6) is -1.08. The van der Waals surface area contributed by atoms with E-state index in [1.165, 1.54) is 12.1 Å². The molecule has 0 radical (unpaired) electrons. The number of aromatic nitrogens is 1. The van der Waals surface area contributed by atoms with Crippen molar-refractivity contribution < 1.29 is 27.6 Å². The number of carbonyl (C=O) groups excluding carboxylic acids is 1. The zero-order valence-corrected chi connectivity index (χ0v) is 15.4. The molecular formula is C20H22F2N2O4. The molecule has 1 aromatic carbocycles. The van der Waals surface area contributed by atoms with Gasteiger partial charge in [0.2, 0.25) is 0 Å². The molecule has 2 fully saturated rings. The van der Waals surface area contributed by atoms with E-state index in [1.54, 1.807) is 4.90 Å². The molecule has 0 bridgehead atoms. The van der Waals surface area contributed by atoms with E-state index in [-0.39, 0.29) is 30.1 Å². The van der Waals surface area contributed by atoms with Crippen molar-refractivity contribution in [3.63, 3.8) is 0 Å². The van der Waals surface area contributed by atoms with Crippen molar-refractivity contribution in [2.45, 2.75) is 38.4 Å². The molecule has 1 aromatic heterocycles. The molecule has 1 aliphatic heterocycles. The maximum atomic E-state index is 13.2. The SMILES string of the molecule is O=C(c1cc(COc2ccc(F)c(F)c2)on1)N(CC1CC1)C[C@H]1CCCO1. The highest BCUT2D eigenvalue weighted by molar-refractivity contribution is 5.92. The largest absolute Gasteiger partial charge is 0.485 e. The number of hydrogen-bond donors (Lipinski definition) is 0. The summed E-state index contributed by atoms with van der Waals surface area (Å²) >= 11 is 0. The van der Waals surface area contributed by atoms with Crippen LogP contribution in [0.4, 0.5) is 8.78 Å². The molecule has 0 N–H and O–H groups in total. The van der Waals surface area contributed by atoms with Crippen molar-refractivity contribution >= 4 is 5.91 Å². The van der Waals surface area contributed by atoms with Crippen LogP contribution in [0.1, 0.15) is 41.9 Å². The molecule has 2 aromatic rings.